The van der Waals surface area contributed by atoms with Crippen LogP contribution in [-0.4, -0.2) is 47.2 Å². The van der Waals surface area contributed by atoms with E-state index >= 15 is 0 Å². The third-order valence-electron chi connectivity index (χ3n) is 2.54. The number of halogens is 1. The van der Waals surface area contributed by atoms with E-state index in [9.17, 15) is 9.59 Å². The Morgan fingerprint density at radius 1 is 1.40 bits per heavy atom. The minimum absolute atomic E-state index is 0.00358. The average molecular weight is 298 g/mol. The van der Waals surface area contributed by atoms with Gasteiger partial charge in [-0.05, 0) is 17.7 Å². The van der Waals surface area contributed by atoms with Gasteiger partial charge in [-0.1, -0.05) is 0 Å². The van der Waals surface area contributed by atoms with Gasteiger partial charge < -0.3 is 15.3 Å². The molecule has 1 aromatic heterocycles. The molecule has 1 aliphatic heterocycles. The van der Waals surface area contributed by atoms with Gasteiger partial charge in [0, 0.05) is 19.7 Å². The molecule has 0 radical (unpaired) electrons. The maximum Gasteiger partial charge on any atom is 0.326 e. The highest BCUT2D eigenvalue weighted by Crippen LogP contribution is 2.16. The van der Waals surface area contributed by atoms with Crippen molar-refractivity contribution in [2.75, 3.05) is 25.1 Å². The van der Waals surface area contributed by atoms with Crippen molar-refractivity contribution in [3.8, 4) is 0 Å². The molecule has 3 amide bonds. The Labute approximate surface area is 119 Å². The average Bonchev–Trinajstić information content (AvgIpc) is 2.67. The Hall–Kier alpha value is -2.19. The van der Waals surface area contributed by atoms with Crippen molar-refractivity contribution in [3.05, 3.63) is 22.7 Å². The number of anilines is 1. The predicted molar refractivity (Wildman–Crippen MR) is 72.0 cm³/mol. The molecule has 1 saturated heterocycles. The number of amides is 3. The fourth-order valence-corrected chi connectivity index (χ4v) is 1.77. The van der Waals surface area contributed by atoms with Gasteiger partial charge in [0.05, 0.1) is 12.3 Å². The van der Waals surface area contributed by atoms with Crippen LogP contribution in [0.5, 0.6) is 0 Å². The second-order valence-electron chi connectivity index (χ2n) is 4.03. The van der Waals surface area contributed by atoms with E-state index < -0.39 is 11.9 Å². The van der Waals surface area contributed by atoms with Crippen molar-refractivity contribution in [1.29, 1.82) is 0 Å². The van der Waals surface area contributed by atoms with E-state index in [4.69, 9.17) is 16.7 Å². The molecular weight excluding hydrogens is 286 g/mol. The van der Waals surface area contributed by atoms with E-state index in [1.165, 1.54) is 6.08 Å². The SMILES string of the molecule is CN(CCO)c1cc(/C=C2/NC(=O)NC2=O)nc(Cl)n1. The smallest absolute Gasteiger partial charge is 0.326 e. The number of nitrogens with one attached hydrogen (secondary N) is 2. The minimum atomic E-state index is -0.584. The fraction of sp³-hybridized carbons (Fsp3) is 0.273. The van der Waals surface area contributed by atoms with E-state index in [-0.39, 0.29) is 17.6 Å². The summed E-state index contributed by atoms with van der Waals surface area (Å²) in [5, 5.41) is 13.3. The van der Waals surface area contributed by atoms with Gasteiger partial charge in [0.2, 0.25) is 5.28 Å². The van der Waals surface area contributed by atoms with Gasteiger partial charge in [-0.2, -0.15) is 0 Å². The van der Waals surface area contributed by atoms with Gasteiger partial charge in [-0.3, -0.25) is 10.1 Å². The van der Waals surface area contributed by atoms with E-state index in [0.717, 1.165) is 0 Å². The number of nitrogens with zero attached hydrogens (tertiary/aromatic N) is 3. The first kappa shape index (κ1) is 14.2. The molecule has 0 spiro atoms. The number of aliphatic hydroxyl groups is 1. The van der Waals surface area contributed by atoms with E-state index in [1.807, 2.05) is 0 Å². The quantitative estimate of drug-likeness (QED) is 0.401. The number of aromatic nitrogens is 2. The molecule has 8 nitrogen and oxygen atoms in total. The van der Waals surface area contributed by atoms with Crippen molar-refractivity contribution in [3.63, 3.8) is 0 Å². The summed E-state index contributed by atoms with van der Waals surface area (Å²) >= 11 is 5.82. The van der Waals surface area contributed by atoms with Crippen LogP contribution in [0.1, 0.15) is 5.69 Å². The maximum absolute atomic E-state index is 11.4. The lowest BCUT2D eigenvalue weighted by Gasteiger charge is -2.16. The maximum atomic E-state index is 11.4. The summed E-state index contributed by atoms with van der Waals surface area (Å²) in [5.41, 5.74) is 0.456. The van der Waals surface area contributed by atoms with Crippen molar-refractivity contribution in [2.45, 2.75) is 0 Å². The lowest BCUT2D eigenvalue weighted by molar-refractivity contribution is -0.115. The highest BCUT2D eigenvalue weighted by Gasteiger charge is 2.23. The monoisotopic (exact) mass is 297 g/mol. The molecule has 0 bridgehead atoms. The third kappa shape index (κ3) is 3.22. The van der Waals surface area contributed by atoms with Crippen LogP contribution in [0.4, 0.5) is 10.6 Å². The van der Waals surface area contributed by atoms with Gasteiger partial charge >= 0.3 is 6.03 Å². The van der Waals surface area contributed by atoms with Crippen LogP contribution in [0.15, 0.2) is 11.8 Å². The van der Waals surface area contributed by atoms with E-state index in [2.05, 4.69) is 20.6 Å². The molecule has 106 valence electrons. The first-order valence-corrected chi connectivity index (χ1v) is 6.08. The number of rotatable bonds is 4. The van der Waals surface area contributed by atoms with Crippen LogP contribution in [0.25, 0.3) is 6.08 Å². The molecule has 1 aliphatic rings. The number of hydrogen-bond acceptors (Lipinski definition) is 6. The Morgan fingerprint density at radius 3 is 2.75 bits per heavy atom. The molecule has 0 unspecified atom stereocenters. The fourth-order valence-electron chi connectivity index (χ4n) is 1.59. The molecule has 0 saturated carbocycles. The summed E-state index contributed by atoms with van der Waals surface area (Å²) in [6.45, 7) is 0.341. The molecule has 3 N–H and O–H groups in total. The summed E-state index contributed by atoms with van der Waals surface area (Å²) < 4.78 is 0. The lowest BCUT2D eigenvalue weighted by Crippen LogP contribution is -2.22. The van der Waals surface area contributed by atoms with Crippen molar-refractivity contribution in [1.82, 2.24) is 20.6 Å². The zero-order valence-electron chi connectivity index (χ0n) is 10.6. The standard InChI is InChI=1S/C11H12ClN5O3/c1-17(2-3-18)8-5-6(13-10(12)15-8)4-7-9(19)16-11(20)14-7/h4-5,18H,2-3H2,1H3,(H2,14,16,19,20)/b7-4+. The second kappa shape index (κ2) is 5.85. The Kier molecular flexibility index (Phi) is 4.16. The van der Waals surface area contributed by atoms with Crippen LogP contribution < -0.4 is 15.5 Å². The van der Waals surface area contributed by atoms with Crippen molar-refractivity contribution >= 4 is 35.4 Å². The lowest BCUT2D eigenvalue weighted by atomic mass is 10.3. The van der Waals surface area contributed by atoms with Crippen LogP contribution in [0.2, 0.25) is 5.28 Å². The number of urea groups is 1. The number of hydrogen-bond donors (Lipinski definition) is 3. The molecule has 2 heterocycles. The Balaban J connectivity index is 2.31. The predicted octanol–water partition coefficient (Wildman–Crippen LogP) is -0.261. The topological polar surface area (TPSA) is 107 Å². The molecule has 1 fully saturated rings. The van der Waals surface area contributed by atoms with Gasteiger partial charge in [-0.25, -0.2) is 14.8 Å². The number of imide groups is 1. The molecular formula is C11H12ClN5O3. The van der Waals surface area contributed by atoms with Gasteiger partial charge in [0.1, 0.15) is 11.5 Å². The zero-order valence-corrected chi connectivity index (χ0v) is 11.3. The van der Waals surface area contributed by atoms with Crippen LogP contribution in [-0.2, 0) is 4.79 Å². The second-order valence-corrected chi connectivity index (χ2v) is 4.37. The Bertz CT molecular complexity index is 589. The molecule has 0 atom stereocenters. The highest BCUT2D eigenvalue weighted by atomic mass is 35.5. The molecule has 1 aromatic rings. The van der Waals surface area contributed by atoms with Crippen LogP contribution in [0.3, 0.4) is 0 Å². The third-order valence-corrected chi connectivity index (χ3v) is 2.71. The summed E-state index contributed by atoms with van der Waals surface area (Å²) in [6.07, 6.45) is 1.39. The first-order valence-electron chi connectivity index (χ1n) is 5.70. The Morgan fingerprint density at radius 2 is 2.15 bits per heavy atom. The molecule has 0 aliphatic carbocycles. The molecule has 0 aromatic carbocycles. The number of aliphatic hydroxyl groups excluding tert-OH is 1. The van der Waals surface area contributed by atoms with Crippen molar-refractivity contribution in [2.24, 2.45) is 0 Å². The largest absolute Gasteiger partial charge is 0.395 e. The minimum Gasteiger partial charge on any atom is -0.395 e. The molecule has 2 rings (SSSR count). The van der Waals surface area contributed by atoms with Crippen LogP contribution >= 0.6 is 11.6 Å². The van der Waals surface area contributed by atoms with E-state index in [0.29, 0.717) is 18.1 Å². The first-order chi connectivity index (χ1) is 9.49. The van der Waals surface area contributed by atoms with Crippen LogP contribution in [0, 0.1) is 0 Å². The highest BCUT2D eigenvalue weighted by molar-refractivity contribution is 6.28. The van der Waals surface area contributed by atoms with Crippen molar-refractivity contribution < 1.29 is 14.7 Å². The number of carbonyl (C=O) groups is 2. The van der Waals surface area contributed by atoms with E-state index in [1.54, 1.807) is 18.0 Å². The number of likely N-dealkylation sites (N-methyl/N-ethyl adjacent to an activating group) is 1. The number of carbonyl (C=O) groups excluding carboxylic acids is 2. The summed E-state index contributed by atoms with van der Waals surface area (Å²) in [4.78, 5) is 32.1. The van der Waals surface area contributed by atoms with Gasteiger partial charge in [0.15, 0.2) is 0 Å². The van der Waals surface area contributed by atoms with Gasteiger partial charge in [-0.15, -0.1) is 0 Å². The summed E-state index contributed by atoms with van der Waals surface area (Å²) in [7, 11) is 1.73. The van der Waals surface area contributed by atoms with Gasteiger partial charge in [0.25, 0.3) is 5.91 Å². The summed E-state index contributed by atoms with van der Waals surface area (Å²) in [6, 6.07) is 1.01. The molecule has 20 heavy (non-hydrogen) atoms. The molecule has 9 heteroatoms. The zero-order chi connectivity index (χ0) is 14.7. The summed E-state index contributed by atoms with van der Waals surface area (Å²) in [5.74, 6) is -0.0365. The normalized spacial score (nSPS) is 16.2.